The molecule has 3 heteroatoms. The van der Waals surface area contributed by atoms with E-state index < -0.39 is 0 Å². The van der Waals surface area contributed by atoms with Gasteiger partial charge in [0.1, 0.15) is 5.78 Å². The van der Waals surface area contributed by atoms with E-state index in [1.165, 1.54) is 0 Å². The van der Waals surface area contributed by atoms with Crippen LogP contribution in [0.15, 0.2) is 0 Å². The number of carbonyl (C=O) groups is 2. The Morgan fingerprint density at radius 1 is 1.31 bits per heavy atom. The SMILES string of the molecule is CC(=O)[C@H]1CCCC[C@H]1CC(N)=O. The maximum atomic E-state index is 11.2. The molecule has 0 aromatic heterocycles. The van der Waals surface area contributed by atoms with Crippen LogP contribution in [0.5, 0.6) is 0 Å². The van der Waals surface area contributed by atoms with Crippen LogP contribution >= 0.6 is 0 Å². The molecule has 1 aliphatic carbocycles. The van der Waals surface area contributed by atoms with Crippen molar-refractivity contribution < 1.29 is 9.59 Å². The molecule has 1 amide bonds. The Morgan fingerprint density at radius 2 is 1.92 bits per heavy atom. The molecule has 3 nitrogen and oxygen atoms in total. The predicted octanol–water partition coefficient (Wildman–Crippen LogP) is 1.26. The van der Waals surface area contributed by atoms with Crippen LogP contribution in [0.4, 0.5) is 0 Å². The first kappa shape index (κ1) is 10.2. The molecule has 0 spiro atoms. The first-order valence-electron chi connectivity index (χ1n) is 4.90. The van der Waals surface area contributed by atoms with Gasteiger partial charge in [0.2, 0.25) is 5.91 Å². The summed E-state index contributed by atoms with van der Waals surface area (Å²) in [5.74, 6) is 0.231. The molecular weight excluding hydrogens is 166 g/mol. The number of hydrogen-bond donors (Lipinski definition) is 1. The highest BCUT2D eigenvalue weighted by atomic mass is 16.1. The Kier molecular flexibility index (Phi) is 3.46. The van der Waals surface area contributed by atoms with Gasteiger partial charge < -0.3 is 5.73 Å². The Hall–Kier alpha value is -0.860. The highest BCUT2D eigenvalue weighted by Gasteiger charge is 2.29. The number of hydrogen-bond acceptors (Lipinski definition) is 2. The first-order valence-corrected chi connectivity index (χ1v) is 4.90. The molecule has 0 radical (unpaired) electrons. The van der Waals surface area contributed by atoms with Crippen molar-refractivity contribution in [1.29, 1.82) is 0 Å². The molecule has 1 saturated carbocycles. The van der Waals surface area contributed by atoms with E-state index >= 15 is 0 Å². The molecule has 2 atom stereocenters. The van der Waals surface area contributed by atoms with Crippen LogP contribution in [0.25, 0.3) is 0 Å². The molecule has 2 N–H and O–H groups in total. The average Bonchev–Trinajstić information content (AvgIpc) is 2.03. The molecule has 0 aromatic carbocycles. The van der Waals surface area contributed by atoms with Crippen LogP contribution in [0.2, 0.25) is 0 Å². The number of nitrogens with two attached hydrogens (primary N) is 1. The summed E-state index contributed by atoms with van der Waals surface area (Å²) in [6, 6.07) is 0. The highest BCUT2D eigenvalue weighted by Crippen LogP contribution is 2.32. The van der Waals surface area contributed by atoms with Gasteiger partial charge in [-0.25, -0.2) is 0 Å². The van der Waals surface area contributed by atoms with Crippen LogP contribution in [-0.4, -0.2) is 11.7 Å². The minimum absolute atomic E-state index is 0.0845. The van der Waals surface area contributed by atoms with E-state index in [2.05, 4.69) is 0 Å². The van der Waals surface area contributed by atoms with Gasteiger partial charge in [-0.3, -0.25) is 9.59 Å². The summed E-state index contributed by atoms with van der Waals surface area (Å²) < 4.78 is 0. The Balaban J connectivity index is 2.56. The van der Waals surface area contributed by atoms with Gasteiger partial charge in [0.25, 0.3) is 0 Å². The molecule has 0 saturated heterocycles. The Morgan fingerprint density at radius 3 is 2.46 bits per heavy atom. The quantitative estimate of drug-likeness (QED) is 0.716. The van der Waals surface area contributed by atoms with Gasteiger partial charge in [0.05, 0.1) is 0 Å². The third-order valence-electron chi connectivity index (χ3n) is 2.89. The Bertz CT molecular complexity index is 213. The third-order valence-corrected chi connectivity index (χ3v) is 2.89. The summed E-state index contributed by atoms with van der Waals surface area (Å²) in [7, 11) is 0. The number of Topliss-reactive ketones (excluding diaryl/α,β-unsaturated/α-hetero) is 1. The summed E-state index contributed by atoms with van der Waals surface area (Å²) in [5.41, 5.74) is 5.14. The van der Waals surface area contributed by atoms with E-state index in [1.807, 2.05) is 0 Å². The van der Waals surface area contributed by atoms with Crippen molar-refractivity contribution in [1.82, 2.24) is 0 Å². The van der Waals surface area contributed by atoms with Crippen molar-refractivity contribution in [3.63, 3.8) is 0 Å². The highest BCUT2D eigenvalue weighted by molar-refractivity contribution is 5.80. The molecule has 1 aliphatic rings. The van der Waals surface area contributed by atoms with Gasteiger partial charge in [-0.2, -0.15) is 0 Å². The zero-order valence-corrected chi connectivity index (χ0v) is 8.08. The van der Waals surface area contributed by atoms with Gasteiger partial charge in [-0.15, -0.1) is 0 Å². The van der Waals surface area contributed by atoms with E-state index in [1.54, 1.807) is 6.92 Å². The van der Waals surface area contributed by atoms with E-state index in [4.69, 9.17) is 5.73 Å². The van der Waals surface area contributed by atoms with Crippen LogP contribution < -0.4 is 5.73 Å². The normalized spacial score (nSPS) is 28.4. The van der Waals surface area contributed by atoms with E-state index in [0.717, 1.165) is 25.7 Å². The van der Waals surface area contributed by atoms with Crippen molar-refractivity contribution in [2.45, 2.75) is 39.0 Å². The topological polar surface area (TPSA) is 60.2 Å². The average molecular weight is 183 g/mol. The van der Waals surface area contributed by atoms with Gasteiger partial charge in [0, 0.05) is 12.3 Å². The van der Waals surface area contributed by atoms with Crippen molar-refractivity contribution in [3.05, 3.63) is 0 Å². The van der Waals surface area contributed by atoms with Gasteiger partial charge in [-0.05, 0) is 25.7 Å². The van der Waals surface area contributed by atoms with Crippen molar-refractivity contribution in [3.8, 4) is 0 Å². The molecule has 1 rings (SSSR count). The van der Waals surface area contributed by atoms with E-state index in [-0.39, 0.29) is 23.5 Å². The van der Waals surface area contributed by atoms with Crippen molar-refractivity contribution in [2.24, 2.45) is 17.6 Å². The summed E-state index contributed by atoms with van der Waals surface area (Å²) in [6.07, 6.45) is 4.53. The fourth-order valence-electron chi connectivity index (χ4n) is 2.25. The summed E-state index contributed by atoms with van der Waals surface area (Å²) in [6.45, 7) is 1.62. The predicted molar refractivity (Wildman–Crippen MR) is 49.9 cm³/mol. The lowest BCUT2D eigenvalue weighted by molar-refractivity contribution is -0.125. The summed E-state index contributed by atoms with van der Waals surface area (Å²) in [5, 5.41) is 0. The molecule has 74 valence electrons. The summed E-state index contributed by atoms with van der Waals surface area (Å²) in [4.78, 5) is 22.0. The van der Waals surface area contributed by atoms with Crippen LogP contribution in [0.1, 0.15) is 39.0 Å². The molecule has 0 heterocycles. The Labute approximate surface area is 78.7 Å². The largest absolute Gasteiger partial charge is 0.370 e. The van der Waals surface area contributed by atoms with Crippen LogP contribution in [0, 0.1) is 11.8 Å². The zero-order valence-electron chi connectivity index (χ0n) is 8.08. The maximum Gasteiger partial charge on any atom is 0.217 e. The zero-order chi connectivity index (χ0) is 9.84. The molecule has 0 aromatic rings. The van der Waals surface area contributed by atoms with Gasteiger partial charge >= 0.3 is 0 Å². The fraction of sp³-hybridized carbons (Fsp3) is 0.800. The number of rotatable bonds is 3. The lowest BCUT2D eigenvalue weighted by atomic mass is 9.75. The van der Waals surface area contributed by atoms with Crippen LogP contribution in [0.3, 0.4) is 0 Å². The molecular formula is C10H17NO2. The van der Waals surface area contributed by atoms with E-state index in [0.29, 0.717) is 6.42 Å². The first-order chi connectivity index (χ1) is 6.11. The minimum Gasteiger partial charge on any atom is -0.370 e. The molecule has 0 aliphatic heterocycles. The van der Waals surface area contributed by atoms with Crippen molar-refractivity contribution >= 4 is 11.7 Å². The monoisotopic (exact) mass is 183 g/mol. The number of primary amides is 1. The van der Waals surface area contributed by atoms with E-state index in [9.17, 15) is 9.59 Å². The second-order valence-electron chi connectivity index (χ2n) is 3.93. The third kappa shape index (κ3) is 2.83. The van der Waals surface area contributed by atoms with Gasteiger partial charge in [0.15, 0.2) is 0 Å². The summed E-state index contributed by atoms with van der Waals surface area (Å²) >= 11 is 0. The minimum atomic E-state index is -0.279. The number of amides is 1. The lowest BCUT2D eigenvalue weighted by Gasteiger charge is -2.28. The number of carbonyl (C=O) groups excluding carboxylic acids is 2. The molecule has 1 fully saturated rings. The van der Waals surface area contributed by atoms with Gasteiger partial charge in [-0.1, -0.05) is 12.8 Å². The second-order valence-corrected chi connectivity index (χ2v) is 3.93. The van der Waals surface area contributed by atoms with Crippen LogP contribution in [-0.2, 0) is 9.59 Å². The van der Waals surface area contributed by atoms with Crippen molar-refractivity contribution in [2.75, 3.05) is 0 Å². The molecule has 0 unspecified atom stereocenters. The second kappa shape index (κ2) is 4.40. The molecule has 13 heavy (non-hydrogen) atoms. The lowest BCUT2D eigenvalue weighted by Crippen LogP contribution is -2.29. The number of ketones is 1. The molecule has 0 bridgehead atoms. The fourth-order valence-corrected chi connectivity index (χ4v) is 2.25. The maximum absolute atomic E-state index is 11.2. The smallest absolute Gasteiger partial charge is 0.217 e. The standard InChI is InChI=1S/C10H17NO2/c1-7(12)9-5-3-2-4-8(9)6-10(11)13/h8-9H,2-6H2,1H3,(H2,11,13)/t8-,9+/m0/s1.